The summed E-state index contributed by atoms with van der Waals surface area (Å²) in [4.78, 5) is 17.3. The fraction of sp³-hybridized carbons (Fsp3) is 0.214. The Balaban J connectivity index is 2.71. The maximum Gasteiger partial charge on any atom is 0.281 e. The summed E-state index contributed by atoms with van der Waals surface area (Å²) in [5.41, 5.74) is 0.497. The van der Waals surface area contributed by atoms with Crippen molar-refractivity contribution in [3.8, 4) is 5.75 Å². The predicted octanol–water partition coefficient (Wildman–Crippen LogP) is 3.24. The molecule has 100 valence electrons. The van der Waals surface area contributed by atoms with E-state index >= 15 is 0 Å². The van der Waals surface area contributed by atoms with E-state index in [1.165, 1.54) is 12.2 Å². The Morgan fingerprint density at radius 2 is 1.95 bits per heavy atom. The van der Waals surface area contributed by atoms with Crippen LogP contribution in [0.3, 0.4) is 0 Å². The van der Waals surface area contributed by atoms with Gasteiger partial charge in [0.25, 0.3) is 5.91 Å². The van der Waals surface area contributed by atoms with Gasteiger partial charge in [-0.25, -0.2) is 5.06 Å². The highest BCUT2D eigenvalue weighted by molar-refractivity contribution is 9.10. The second kappa shape index (κ2) is 5.59. The largest absolute Gasteiger partial charge is 0.496 e. The van der Waals surface area contributed by atoms with Crippen LogP contribution < -0.4 is 4.74 Å². The van der Waals surface area contributed by atoms with Gasteiger partial charge in [-0.15, -0.1) is 0 Å². The van der Waals surface area contributed by atoms with Crippen molar-refractivity contribution in [1.82, 2.24) is 5.06 Å². The Bertz CT molecular complexity index is 627. The molecule has 2 aromatic carbocycles. The van der Waals surface area contributed by atoms with E-state index in [4.69, 9.17) is 9.57 Å². The summed E-state index contributed by atoms with van der Waals surface area (Å²) in [5.74, 6) is 0.288. The average Bonchev–Trinajstić information content (AvgIpc) is 2.44. The summed E-state index contributed by atoms with van der Waals surface area (Å²) in [6.45, 7) is 0. The van der Waals surface area contributed by atoms with E-state index < -0.39 is 0 Å². The van der Waals surface area contributed by atoms with Gasteiger partial charge < -0.3 is 4.74 Å². The van der Waals surface area contributed by atoms with Crippen molar-refractivity contribution >= 4 is 32.6 Å². The molecule has 0 saturated heterocycles. The minimum atomic E-state index is -0.243. The van der Waals surface area contributed by atoms with Gasteiger partial charge in [0.2, 0.25) is 0 Å². The first-order chi connectivity index (χ1) is 9.08. The molecular weight excluding hydrogens is 310 g/mol. The number of benzene rings is 2. The van der Waals surface area contributed by atoms with Crippen molar-refractivity contribution in [2.75, 3.05) is 21.3 Å². The van der Waals surface area contributed by atoms with Crippen LogP contribution in [-0.2, 0) is 4.84 Å². The number of carbonyl (C=O) groups excluding carboxylic acids is 1. The molecule has 0 atom stereocenters. The zero-order valence-electron chi connectivity index (χ0n) is 10.9. The molecule has 0 aliphatic rings. The molecule has 0 fully saturated rings. The van der Waals surface area contributed by atoms with E-state index in [1.54, 1.807) is 20.2 Å². The standard InChI is InChI=1S/C14H14BrNO3/c1-16(19-3)14(17)13-11-6-5-10(15)8-9(11)4-7-12(13)18-2/h4-8H,1-3H3. The van der Waals surface area contributed by atoms with E-state index in [9.17, 15) is 4.79 Å². The van der Waals surface area contributed by atoms with Gasteiger partial charge in [-0.3, -0.25) is 9.63 Å². The van der Waals surface area contributed by atoms with Crippen LogP contribution in [0.15, 0.2) is 34.8 Å². The number of methoxy groups -OCH3 is 1. The summed E-state index contributed by atoms with van der Waals surface area (Å²) in [6.07, 6.45) is 0. The van der Waals surface area contributed by atoms with Crippen molar-refractivity contribution in [1.29, 1.82) is 0 Å². The van der Waals surface area contributed by atoms with Crippen molar-refractivity contribution in [2.45, 2.75) is 0 Å². The van der Waals surface area contributed by atoms with E-state index in [1.807, 2.05) is 24.3 Å². The Kier molecular flexibility index (Phi) is 4.07. The molecule has 2 aromatic rings. The number of fused-ring (bicyclic) bond motifs is 1. The highest BCUT2D eigenvalue weighted by atomic mass is 79.9. The number of hydroxylamine groups is 2. The predicted molar refractivity (Wildman–Crippen MR) is 77.3 cm³/mol. The summed E-state index contributed by atoms with van der Waals surface area (Å²) < 4.78 is 6.25. The fourth-order valence-corrected chi connectivity index (χ4v) is 2.29. The number of nitrogens with zero attached hydrogens (tertiary/aromatic N) is 1. The molecule has 5 heteroatoms. The van der Waals surface area contributed by atoms with E-state index in [0.29, 0.717) is 11.3 Å². The monoisotopic (exact) mass is 323 g/mol. The van der Waals surface area contributed by atoms with Gasteiger partial charge in [0.1, 0.15) is 5.75 Å². The average molecular weight is 324 g/mol. The Morgan fingerprint density at radius 1 is 1.21 bits per heavy atom. The van der Waals surface area contributed by atoms with Crippen LogP contribution in [0.4, 0.5) is 0 Å². The number of halogens is 1. The molecule has 2 rings (SSSR count). The van der Waals surface area contributed by atoms with Crippen molar-refractivity contribution in [3.05, 3.63) is 40.4 Å². The molecule has 0 spiro atoms. The normalized spacial score (nSPS) is 10.5. The van der Waals surface area contributed by atoms with Crippen LogP contribution in [-0.4, -0.2) is 32.2 Å². The van der Waals surface area contributed by atoms with Gasteiger partial charge in [0.15, 0.2) is 0 Å². The van der Waals surface area contributed by atoms with Crippen molar-refractivity contribution in [3.63, 3.8) is 0 Å². The topological polar surface area (TPSA) is 38.8 Å². The second-order valence-corrected chi connectivity index (χ2v) is 4.91. The van der Waals surface area contributed by atoms with Crippen LogP contribution in [0.1, 0.15) is 10.4 Å². The van der Waals surface area contributed by atoms with Gasteiger partial charge in [0, 0.05) is 11.5 Å². The zero-order valence-corrected chi connectivity index (χ0v) is 12.5. The van der Waals surface area contributed by atoms with E-state index in [-0.39, 0.29) is 5.91 Å². The third kappa shape index (κ3) is 2.57. The molecule has 0 bridgehead atoms. The molecule has 0 saturated carbocycles. The van der Waals surface area contributed by atoms with Crippen LogP contribution in [0, 0.1) is 0 Å². The highest BCUT2D eigenvalue weighted by Crippen LogP contribution is 2.30. The number of rotatable bonds is 3. The molecule has 0 unspecified atom stereocenters. The van der Waals surface area contributed by atoms with Gasteiger partial charge in [-0.2, -0.15) is 0 Å². The quantitative estimate of drug-likeness (QED) is 0.814. The lowest BCUT2D eigenvalue weighted by Crippen LogP contribution is -2.26. The smallest absolute Gasteiger partial charge is 0.281 e. The summed E-state index contributed by atoms with van der Waals surface area (Å²) in [7, 11) is 4.56. The molecular formula is C14H14BrNO3. The van der Waals surface area contributed by atoms with Crippen molar-refractivity contribution < 1.29 is 14.4 Å². The maximum atomic E-state index is 12.4. The minimum Gasteiger partial charge on any atom is -0.496 e. The maximum absolute atomic E-state index is 12.4. The molecule has 0 heterocycles. The summed E-state index contributed by atoms with van der Waals surface area (Å²) in [5, 5.41) is 2.97. The molecule has 1 amide bonds. The summed E-state index contributed by atoms with van der Waals surface area (Å²) >= 11 is 3.42. The number of carbonyl (C=O) groups is 1. The number of amides is 1. The summed E-state index contributed by atoms with van der Waals surface area (Å²) in [6, 6.07) is 9.44. The first-order valence-electron chi connectivity index (χ1n) is 5.67. The zero-order chi connectivity index (χ0) is 14.0. The SMILES string of the molecule is COc1ccc2cc(Br)ccc2c1C(=O)N(C)OC. The lowest BCUT2D eigenvalue weighted by molar-refractivity contribution is -0.0757. The molecule has 19 heavy (non-hydrogen) atoms. The third-order valence-corrected chi connectivity index (χ3v) is 3.43. The van der Waals surface area contributed by atoms with Gasteiger partial charge in [-0.05, 0) is 29.0 Å². The van der Waals surface area contributed by atoms with Crippen LogP contribution >= 0.6 is 15.9 Å². The van der Waals surface area contributed by atoms with E-state index in [0.717, 1.165) is 15.2 Å². The van der Waals surface area contributed by atoms with Crippen molar-refractivity contribution in [2.24, 2.45) is 0 Å². The highest BCUT2D eigenvalue weighted by Gasteiger charge is 2.20. The lowest BCUT2D eigenvalue weighted by atomic mass is 10.0. The fourth-order valence-electron chi connectivity index (χ4n) is 1.91. The van der Waals surface area contributed by atoms with Gasteiger partial charge in [0.05, 0.1) is 19.8 Å². The first-order valence-corrected chi connectivity index (χ1v) is 6.46. The molecule has 0 N–H and O–H groups in total. The minimum absolute atomic E-state index is 0.243. The molecule has 0 radical (unpaired) electrons. The Morgan fingerprint density at radius 3 is 2.58 bits per heavy atom. The van der Waals surface area contributed by atoms with Gasteiger partial charge in [-0.1, -0.05) is 28.1 Å². The molecule has 4 nitrogen and oxygen atoms in total. The third-order valence-electron chi connectivity index (χ3n) is 2.94. The lowest BCUT2D eigenvalue weighted by Gasteiger charge is -2.17. The number of ether oxygens (including phenoxy) is 1. The van der Waals surface area contributed by atoms with E-state index in [2.05, 4.69) is 15.9 Å². The molecule has 0 aliphatic carbocycles. The molecule has 0 aliphatic heterocycles. The first kappa shape index (κ1) is 13.8. The Hall–Kier alpha value is -1.59. The molecule has 0 aromatic heterocycles. The number of hydrogen-bond acceptors (Lipinski definition) is 3. The number of hydrogen-bond donors (Lipinski definition) is 0. The van der Waals surface area contributed by atoms with Gasteiger partial charge >= 0.3 is 0 Å². The van der Waals surface area contributed by atoms with Crippen LogP contribution in [0.2, 0.25) is 0 Å². The van der Waals surface area contributed by atoms with Crippen LogP contribution in [0.25, 0.3) is 10.8 Å². The second-order valence-electron chi connectivity index (χ2n) is 3.99. The van der Waals surface area contributed by atoms with Crippen LogP contribution in [0.5, 0.6) is 5.75 Å². The Labute approximate surface area is 120 Å².